The van der Waals surface area contributed by atoms with Gasteiger partial charge in [-0.3, -0.25) is 0 Å². The van der Waals surface area contributed by atoms with Crippen molar-refractivity contribution in [1.29, 1.82) is 5.41 Å². The van der Waals surface area contributed by atoms with Gasteiger partial charge in [-0.25, -0.2) is 0 Å². The molecule has 0 atom stereocenters. The molecule has 1 heteroatoms. The minimum atomic E-state index is 0.474. The van der Waals surface area contributed by atoms with Crippen molar-refractivity contribution in [2.24, 2.45) is 0 Å². The van der Waals surface area contributed by atoms with Crippen molar-refractivity contribution in [3.8, 4) is 33.4 Å². The maximum atomic E-state index is 8.57. The summed E-state index contributed by atoms with van der Waals surface area (Å²) in [6, 6.07) is 49.8. The summed E-state index contributed by atoms with van der Waals surface area (Å²) in [4.78, 5) is 0. The van der Waals surface area contributed by atoms with E-state index < -0.39 is 0 Å². The number of rotatable bonds is 5. The molecule has 43 heavy (non-hydrogen) atoms. The smallest absolute Gasteiger partial charge is 0.0635 e. The summed E-state index contributed by atoms with van der Waals surface area (Å²) in [5.74, 6) is 0. The lowest BCUT2D eigenvalue weighted by Crippen LogP contribution is -2.00. The molecule has 0 radical (unpaired) electrons. The molecule has 0 bridgehead atoms. The third-order valence-corrected chi connectivity index (χ3v) is 8.08. The Bertz CT molecular complexity index is 2090. The molecule has 0 spiro atoms. The largest absolute Gasteiger partial charge is 0.300 e. The molecular formula is C42H33N. The van der Waals surface area contributed by atoms with Gasteiger partial charge in [0, 0.05) is 5.56 Å². The Morgan fingerprint density at radius 3 is 1.47 bits per heavy atom. The van der Waals surface area contributed by atoms with Crippen LogP contribution in [0.15, 0.2) is 165 Å². The summed E-state index contributed by atoms with van der Waals surface area (Å²) >= 11 is 0. The molecule has 7 rings (SSSR count). The second-order valence-corrected chi connectivity index (χ2v) is 10.6. The van der Waals surface area contributed by atoms with E-state index in [1.807, 2.05) is 13.0 Å². The Morgan fingerprint density at radius 2 is 0.907 bits per heavy atom. The number of hydrogen-bond donors (Lipinski definition) is 1. The lowest BCUT2D eigenvalue weighted by molar-refractivity contribution is 1.44. The van der Waals surface area contributed by atoms with Crippen LogP contribution in [0.5, 0.6) is 0 Å². The van der Waals surface area contributed by atoms with Crippen LogP contribution in [0.1, 0.15) is 12.5 Å². The van der Waals surface area contributed by atoms with Gasteiger partial charge in [0.2, 0.25) is 0 Å². The molecule has 0 aliphatic heterocycles. The average molecular weight is 552 g/mol. The normalized spacial score (nSPS) is 10.8. The van der Waals surface area contributed by atoms with Gasteiger partial charge in [-0.05, 0) is 84.3 Å². The van der Waals surface area contributed by atoms with E-state index in [0.717, 1.165) is 16.7 Å². The maximum absolute atomic E-state index is 8.57. The predicted octanol–water partition coefficient (Wildman–Crippen LogP) is 11.9. The highest BCUT2D eigenvalue weighted by molar-refractivity contribution is 6.24. The van der Waals surface area contributed by atoms with Crippen molar-refractivity contribution in [3.63, 3.8) is 0 Å². The highest BCUT2D eigenvalue weighted by atomic mass is 14.4. The zero-order valence-corrected chi connectivity index (χ0v) is 24.4. The van der Waals surface area contributed by atoms with Crippen molar-refractivity contribution in [2.75, 3.05) is 0 Å². The van der Waals surface area contributed by atoms with Crippen molar-refractivity contribution in [2.45, 2.75) is 6.92 Å². The van der Waals surface area contributed by atoms with Crippen LogP contribution in [0.25, 0.3) is 65.7 Å². The molecule has 0 aliphatic rings. The van der Waals surface area contributed by atoms with E-state index in [1.165, 1.54) is 60.1 Å². The highest BCUT2D eigenvalue weighted by Crippen LogP contribution is 2.46. The predicted molar refractivity (Wildman–Crippen MR) is 188 cm³/mol. The van der Waals surface area contributed by atoms with E-state index in [-0.39, 0.29) is 0 Å². The van der Waals surface area contributed by atoms with Gasteiger partial charge in [-0.2, -0.15) is 0 Å². The van der Waals surface area contributed by atoms with E-state index in [0.29, 0.717) is 5.71 Å². The van der Waals surface area contributed by atoms with Crippen LogP contribution >= 0.6 is 0 Å². The van der Waals surface area contributed by atoms with E-state index >= 15 is 0 Å². The Kier molecular flexibility index (Phi) is 7.56. The SMILES string of the molecule is C=C.C=C(C)C(=N)c1cccc(-c2c3ccccc3c(-c3ccc(-c4ccccc4)c4ccccc34)c3ccccc23)c1. The number of fused-ring (bicyclic) bond motifs is 3. The first-order valence-corrected chi connectivity index (χ1v) is 14.5. The topological polar surface area (TPSA) is 23.9 Å². The Labute approximate surface area is 253 Å². The van der Waals surface area contributed by atoms with Gasteiger partial charge in [0.25, 0.3) is 0 Å². The lowest BCUT2D eigenvalue weighted by Gasteiger charge is -2.20. The summed E-state index contributed by atoms with van der Waals surface area (Å²) in [5.41, 5.74) is 9.37. The quantitative estimate of drug-likeness (QED) is 0.125. The Hall–Kier alpha value is -5.53. The molecule has 0 heterocycles. The standard InChI is InChI=1S/C40H29N.C2H4/c1-26(2)40(41)29-16-12-15-28(25-29)38-33-19-8-10-21-35(33)39(36-22-11-9-20-34(36)38)37-24-23-30(27-13-4-3-5-14-27)31-17-6-7-18-32(31)37;1-2/h3-25,41H,1H2,2H3;1-2H2. The average Bonchev–Trinajstić information content (AvgIpc) is 3.07. The molecule has 0 unspecified atom stereocenters. The molecule has 0 amide bonds. The molecular weight excluding hydrogens is 518 g/mol. The van der Waals surface area contributed by atoms with Gasteiger partial charge in [0.1, 0.15) is 0 Å². The highest BCUT2D eigenvalue weighted by Gasteiger charge is 2.19. The van der Waals surface area contributed by atoms with Crippen LogP contribution in [-0.2, 0) is 0 Å². The fourth-order valence-electron chi connectivity index (χ4n) is 6.19. The van der Waals surface area contributed by atoms with Crippen LogP contribution in [0.4, 0.5) is 0 Å². The molecule has 0 aromatic heterocycles. The van der Waals surface area contributed by atoms with Crippen LogP contribution in [0, 0.1) is 5.41 Å². The molecule has 7 aromatic carbocycles. The second kappa shape index (κ2) is 11.8. The molecule has 0 aliphatic carbocycles. The van der Waals surface area contributed by atoms with Gasteiger partial charge in [-0.15, -0.1) is 13.2 Å². The number of allylic oxidation sites excluding steroid dienone is 1. The summed E-state index contributed by atoms with van der Waals surface area (Å²) in [6.45, 7) is 11.9. The fraction of sp³-hybridized carbons (Fsp3) is 0.0238. The van der Waals surface area contributed by atoms with Crippen molar-refractivity contribution < 1.29 is 0 Å². The lowest BCUT2D eigenvalue weighted by atomic mass is 9.83. The summed E-state index contributed by atoms with van der Waals surface area (Å²) in [6.07, 6.45) is 0. The summed E-state index contributed by atoms with van der Waals surface area (Å²) in [5, 5.41) is 15.9. The van der Waals surface area contributed by atoms with Crippen molar-refractivity contribution in [3.05, 3.63) is 170 Å². The Morgan fingerprint density at radius 1 is 0.465 bits per heavy atom. The van der Waals surface area contributed by atoms with Crippen molar-refractivity contribution >= 4 is 38.0 Å². The second-order valence-electron chi connectivity index (χ2n) is 10.6. The zero-order valence-electron chi connectivity index (χ0n) is 24.4. The third kappa shape index (κ3) is 4.86. The monoisotopic (exact) mass is 551 g/mol. The van der Waals surface area contributed by atoms with Gasteiger partial charge in [-0.1, -0.05) is 140 Å². The van der Waals surface area contributed by atoms with Crippen molar-refractivity contribution in [1.82, 2.24) is 0 Å². The summed E-state index contributed by atoms with van der Waals surface area (Å²) < 4.78 is 0. The third-order valence-electron chi connectivity index (χ3n) is 8.08. The number of benzene rings is 7. The molecule has 0 saturated heterocycles. The fourth-order valence-corrected chi connectivity index (χ4v) is 6.19. The van der Waals surface area contributed by atoms with Crippen LogP contribution in [0.2, 0.25) is 0 Å². The van der Waals surface area contributed by atoms with E-state index in [9.17, 15) is 0 Å². The van der Waals surface area contributed by atoms with Gasteiger partial charge in [0.05, 0.1) is 5.71 Å². The number of hydrogen-bond acceptors (Lipinski definition) is 1. The number of nitrogens with one attached hydrogen (secondary N) is 1. The van der Waals surface area contributed by atoms with E-state index in [4.69, 9.17) is 5.41 Å². The molecule has 1 nitrogen and oxygen atoms in total. The van der Waals surface area contributed by atoms with Crippen LogP contribution in [-0.4, -0.2) is 5.71 Å². The first-order valence-electron chi connectivity index (χ1n) is 14.5. The first kappa shape index (κ1) is 27.6. The van der Waals surface area contributed by atoms with Gasteiger partial charge < -0.3 is 5.41 Å². The molecule has 0 fully saturated rings. The minimum absolute atomic E-state index is 0.474. The minimum Gasteiger partial charge on any atom is -0.300 e. The Balaban J connectivity index is 0.00000161. The van der Waals surface area contributed by atoms with E-state index in [2.05, 4.69) is 153 Å². The van der Waals surface area contributed by atoms with Crippen LogP contribution < -0.4 is 0 Å². The molecule has 7 aromatic rings. The van der Waals surface area contributed by atoms with Crippen LogP contribution in [0.3, 0.4) is 0 Å². The maximum Gasteiger partial charge on any atom is 0.0635 e. The molecule has 0 saturated carbocycles. The van der Waals surface area contributed by atoms with Gasteiger partial charge >= 0.3 is 0 Å². The van der Waals surface area contributed by atoms with E-state index in [1.54, 1.807) is 0 Å². The molecule has 206 valence electrons. The zero-order chi connectivity index (χ0) is 29.9. The molecule has 1 N–H and O–H groups in total. The van der Waals surface area contributed by atoms with Gasteiger partial charge in [0.15, 0.2) is 0 Å². The summed E-state index contributed by atoms with van der Waals surface area (Å²) in [7, 11) is 0. The first-order chi connectivity index (χ1) is 21.1.